The highest BCUT2D eigenvalue weighted by molar-refractivity contribution is 5.58. The number of hydrogen-bond acceptors (Lipinski definition) is 1. The van der Waals surface area contributed by atoms with Crippen molar-refractivity contribution in [3.63, 3.8) is 0 Å². The first kappa shape index (κ1) is 17.0. The largest absolute Gasteiger partial charge is 0.318 e. The van der Waals surface area contributed by atoms with Gasteiger partial charge >= 0.3 is 0 Å². The summed E-state index contributed by atoms with van der Waals surface area (Å²) in [4.78, 5) is 4.62. The highest BCUT2D eigenvalue weighted by atomic mass is 15.1. The zero-order valence-corrected chi connectivity index (χ0v) is 15.4. The number of nitrogens with zero attached hydrogens (tertiary/aromatic N) is 2. The first-order chi connectivity index (χ1) is 13.2. The number of allylic oxidation sites excluding steroid dienone is 1. The van der Waals surface area contributed by atoms with Crippen LogP contribution >= 0.6 is 0 Å². The van der Waals surface area contributed by atoms with Gasteiger partial charge in [-0.15, -0.1) is 0 Å². The molecule has 0 aliphatic rings. The molecule has 4 aromatic rings. The van der Waals surface area contributed by atoms with Gasteiger partial charge in [0.2, 0.25) is 0 Å². The van der Waals surface area contributed by atoms with Gasteiger partial charge in [0.25, 0.3) is 0 Å². The predicted molar refractivity (Wildman–Crippen MR) is 112 cm³/mol. The third-order valence-corrected chi connectivity index (χ3v) is 4.98. The third-order valence-electron chi connectivity index (χ3n) is 4.98. The van der Waals surface area contributed by atoms with E-state index in [9.17, 15) is 0 Å². The number of benzene rings is 3. The Hall–Kier alpha value is -3.39. The highest BCUT2D eigenvalue weighted by Gasteiger charge is 2.38. The summed E-state index contributed by atoms with van der Waals surface area (Å²) < 4.78 is 2.21. The molecule has 0 saturated heterocycles. The van der Waals surface area contributed by atoms with Gasteiger partial charge in [-0.05, 0) is 29.2 Å². The van der Waals surface area contributed by atoms with Crippen LogP contribution in [-0.2, 0) is 5.54 Å². The van der Waals surface area contributed by atoms with E-state index in [1.165, 1.54) is 16.7 Å². The first-order valence-corrected chi connectivity index (χ1v) is 9.10. The Bertz CT molecular complexity index is 935. The van der Waals surface area contributed by atoms with Crippen molar-refractivity contribution in [2.75, 3.05) is 0 Å². The van der Waals surface area contributed by atoms with E-state index in [1.54, 1.807) is 0 Å². The van der Waals surface area contributed by atoms with Gasteiger partial charge < -0.3 is 4.57 Å². The fourth-order valence-electron chi connectivity index (χ4n) is 3.71. The van der Waals surface area contributed by atoms with E-state index in [0.29, 0.717) is 0 Å². The molecule has 0 fully saturated rings. The van der Waals surface area contributed by atoms with E-state index in [-0.39, 0.29) is 0 Å². The minimum atomic E-state index is -0.509. The second kappa shape index (κ2) is 7.08. The Labute approximate surface area is 160 Å². The van der Waals surface area contributed by atoms with E-state index in [0.717, 1.165) is 11.3 Å². The van der Waals surface area contributed by atoms with Crippen molar-refractivity contribution in [1.29, 1.82) is 0 Å². The molecule has 132 valence electrons. The van der Waals surface area contributed by atoms with Crippen molar-refractivity contribution in [2.45, 2.75) is 12.5 Å². The average molecular weight is 350 g/mol. The summed E-state index contributed by atoms with van der Waals surface area (Å²) in [7, 11) is 0. The molecule has 0 saturated carbocycles. The zero-order chi connectivity index (χ0) is 18.7. The molecular formula is C25H22N2. The minimum Gasteiger partial charge on any atom is -0.318 e. The molecule has 0 amide bonds. The van der Waals surface area contributed by atoms with Crippen LogP contribution in [0.15, 0.2) is 110 Å². The van der Waals surface area contributed by atoms with Crippen LogP contribution in [0.25, 0.3) is 5.57 Å². The molecule has 0 N–H and O–H groups in total. The van der Waals surface area contributed by atoms with Crippen LogP contribution in [0.3, 0.4) is 0 Å². The van der Waals surface area contributed by atoms with Crippen LogP contribution in [0.4, 0.5) is 0 Å². The van der Waals surface area contributed by atoms with E-state index >= 15 is 0 Å². The second-order valence-corrected chi connectivity index (χ2v) is 6.75. The SMILES string of the molecule is C=C(C)c1cn(C(c2ccccc2)(c2ccccc2)c2ccccc2)cn1. The first-order valence-electron chi connectivity index (χ1n) is 9.10. The van der Waals surface area contributed by atoms with E-state index in [2.05, 4.69) is 113 Å². The maximum absolute atomic E-state index is 4.62. The summed E-state index contributed by atoms with van der Waals surface area (Å²) in [5.74, 6) is 0. The Balaban J connectivity index is 2.10. The van der Waals surface area contributed by atoms with Gasteiger partial charge in [0.15, 0.2) is 0 Å². The highest BCUT2D eigenvalue weighted by Crippen LogP contribution is 2.40. The number of imidazole rings is 1. The zero-order valence-electron chi connectivity index (χ0n) is 15.4. The van der Waals surface area contributed by atoms with Crippen LogP contribution in [0.1, 0.15) is 29.3 Å². The molecule has 0 bridgehead atoms. The maximum atomic E-state index is 4.62. The van der Waals surface area contributed by atoms with Crippen LogP contribution in [0, 0.1) is 0 Å². The van der Waals surface area contributed by atoms with Gasteiger partial charge in [-0.3, -0.25) is 0 Å². The van der Waals surface area contributed by atoms with Crippen molar-refractivity contribution in [1.82, 2.24) is 9.55 Å². The Morgan fingerprint density at radius 3 is 1.48 bits per heavy atom. The average Bonchev–Trinajstić information content (AvgIpc) is 3.22. The van der Waals surface area contributed by atoms with E-state index < -0.39 is 5.54 Å². The van der Waals surface area contributed by atoms with Gasteiger partial charge in [0, 0.05) is 6.20 Å². The lowest BCUT2D eigenvalue weighted by molar-refractivity contribution is 0.514. The normalized spacial score (nSPS) is 11.3. The van der Waals surface area contributed by atoms with Crippen LogP contribution < -0.4 is 0 Å². The lowest BCUT2D eigenvalue weighted by atomic mass is 9.77. The molecule has 1 heterocycles. The Morgan fingerprint density at radius 2 is 1.15 bits per heavy atom. The third kappa shape index (κ3) is 2.89. The van der Waals surface area contributed by atoms with Crippen molar-refractivity contribution >= 4 is 5.57 Å². The molecule has 0 atom stereocenters. The number of rotatable bonds is 5. The van der Waals surface area contributed by atoms with Crippen molar-refractivity contribution in [3.05, 3.63) is 132 Å². The summed E-state index contributed by atoms with van der Waals surface area (Å²) in [5, 5.41) is 0. The summed E-state index contributed by atoms with van der Waals surface area (Å²) in [6.45, 7) is 6.05. The van der Waals surface area contributed by atoms with Gasteiger partial charge in [-0.25, -0.2) is 4.98 Å². The van der Waals surface area contributed by atoms with Crippen molar-refractivity contribution < 1.29 is 0 Å². The quantitative estimate of drug-likeness (QED) is 0.419. The topological polar surface area (TPSA) is 17.8 Å². The molecule has 0 aliphatic heterocycles. The van der Waals surface area contributed by atoms with Crippen molar-refractivity contribution in [3.8, 4) is 0 Å². The van der Waals surface area contributed by atoms with E-state index in [4.69, 9.17) is 0 Å². The lowest BCUT2D eigenvalue weighted by Crippen LogP contribution is -2.36. The summed E-state index contributed by atoms with van der Waals surface area (Å²) in [6, 6.07) is 31.8. The molecule has 0 unspecified atom stereocenters. The molecule has 2 heteroatoms. The smallest absolute Gasteiger partial charge is 0.121 e. The molecule has 0 radical (unpaired) electrons. The fraction of sp³-hybridized carbons (Fsp3) is 0.0800. The molecule has 0 aliphatic carbocycles. The van der Waals surface area contributed by atoms with Crippen LogP contribution in [0.5, 0.6) is 0 Å². The minimum absolute atomic E-state index is 0.509. The molecule has 2 nitrogen and oxygen atoms in total. The fourth-order valence-corrected chi connectivity index (χ4v) is 3.71. The monoisotopic (exact) mass is 350 g/mol. The maximum Gasteiger partial charge on any atom is 0.121 e. The predicted octanol–water partition coefficient (Wildman–Crippen LogP) is 5.76. The molecule has 4 rings (SSSR count). The molecular weight excluding hydrogens is 328 g/mol. The standard InChI is InChI=1S/C25H22N2/c1-20(2)24-18-27(19-26-24)25(21-12-6-3-7-13-21,22-14-8-4-9-15-22)23-16-10-5-11-17-23/h3-19H,1H2,2H3. The van der Waals surface area contributed by atoms with Gasteiger partial charge in [-0.1, -0.05) is 97.6 Å². The van der Waals surface area contributed by atoms with Crippen molar-refractivity contribution in [2.24, 2.45) is 0 Å². The molecule has 0 spiro atoms. The lowest BCUT2D eigenvalue weighted by Gasteiger charge is -2.37. The van der Waals surface area contributed by atoms with Gasteiger partial charge in [0.05, 0.1) is 12.0 Å². The Kier molecular flexibility index (Phi) is 4.47. The molecule has 3 aromatic carbocycles. The van der Waals surface area contributed by atoms with E-state index in [1.807, 2.05) is 13.3 Å². The number of aromatic nitrogens is 2. The van der Waals surface area contributed by atoms with Gasteiger partial charge in [-0.2, -0.15) is 0 Å². The van der Waals surface area contributed by atoms with Crippen LogP contribution in [0.2, 0.25) is 0 Å². The summed E-state index contributed by atoms with van der Waals surface area (Å²) in [5.41, 5.74) is 4.91. The van der Waals surface area contributed by atoms with Crippen LogP contribution in [-0.4, -0.2) is 9.55 Å². The second-order valence-electron chi connectivity index (χ2n) is 6.75. The summed E-state index contributed by atoms with van der Waals surface area (Å²) in [6.07, 6.45) is 4.01. The Morgan fingerprint density at radius 1 is 0.741 bits per heavy atom. The number of hydrogen-bond donors (Lipinski definition) is 0. The van der Waals surface area contributed by atoms with Gasteiger partial charge in [0.1, 0.15) is 5.54 Å². The molecule has 27 heavy (non-hydrogen) atoms. The summed E-state index contributed by atoms with van der Waals surface area (Å²) >= 11 is 0. The molecule has 1 aromatic heterocycles.